The average molecular weight is 273 g/mol. The lowest BCUT2D eigenvalue weighted by atomic mass is 10.1. The molecule has 0 aromatic heterocycles. The number of carbonyl (C=O) groups is 1. The molecule has 0 aliphatic rings. The first kappa shape index (κ1) is 13.9. The quantitative estimate of drug-likeness (QED) is 0.646. The standard InChI is InChI=1S/C15H15NO4/c1-9(17)10-3-2-4-11(7-10)16-15(20)13-8-12(18)5-6-14(13)19/h2-9,17-19H,1H3,(H,16,20). The average Bonchev–Trinajstić information content (AvgIpc) is 2.41. The van der Waals surface area contributed by atoms with Gasteiger partial charge < -0.3 is 20.6 Å². The highest BCUT2D eigenvalue weighted by atomic mass is 16.3. The topological polar surface area (TPSA) is 89.8 Å². The Hall–Kier alpha value is -2.53. The van der Waals surface area contributed by atoms with Gasteiger partial charge >= 0.3 is 0 Å². The molecule has 20 heavy (non-hydrogen) atoms. The third-order valence-corrected chi connectivity index (χ3v) is 2.85. The van der Waals surface area contributed by atoms with E-state index in [4.69, 9.17) is 0 Å². The second kappa shape index (κ2) is 5.63. The third kappa shape index (κ3) is 3.07. The number of hydrogen-bond acceptors (Lipinski definition) is 4. The lowest BCUT2D eigenvalue weighted by Gasteiger charge is -2.10. The van der Waals surface area contributed by atoms with E-state index >= 15 is 0 Å². The van der Waals surface area contributed by atoms with Gasteiger partial charge in [-0.05, 0) is 42.8 Å². The van der Waals surface area contributed by atoms with Crippen molar-refractivity contribution in [2.75, 3.05) is 5.32 Å². The minimum atomic E-state index is -0.638. The zero-order valence-electron chi connectivity index (χ0n) is 10.9. The Labute approximate surface area is 116 Å². The van der Waals surface area contributed by atoms with E-state index in [1.165, 1.54) is 18.2 Å². The number of benzene rings is 2. The fraction of sp³-hybridized carbons (Fsp3) is 0.133. The van der Waals surface area contributed by atoms with Crippen molar-refractivity contribution >= 4 is 11.6 Å². The fourth-order valence-corrected chi connectivity index (χ4v) is 1.78. The van der Waals surface area contributed by atoms with Crippen molar-refractivity contribution in [1.29, 1.82) is 0 Å². The fourth-order valence-electron chi connectivity index (χ4n) is 1.78. The maximum Gasteiger partial charge on any atom is 0.259 e. The Morgan fingerprint density at radius 2 is 1.90 bits per heavy atom. The normalized spacial score (nSPS) is 11.9. The largest absolute Gasteiger partial charge is 0.508 e. The molecule has 0 bridgehead atoms. The van der Waals surface area contributed by atoms with Crippen molar-refractivity contribution in [2.24, 2.45) is 0 Å². The molecule has 2 rings (SSSR count). The number of rotatable bonds is 3. The van der Waals surface area contributed by atoms with Crippen LogP contribution in [0, 0.1) is 0 Å². The van der Waals surface area contributed by atoms with Crippen molar-refractivity contribution in [3.63, 3.8) is 0 Å². The van der Waals surface area contributed by atoms with Crippen LogP contribution >= 0.6 is 0 Å². The van der Waals surface area contributed by atoms with Gasteiger partial charge in [0.05, 0.1) is 11.7 Å². The number of amides is 1. The molecule has 5 nitrogen and oxygen atoms in total. The Kier molecular flexibility index (Phi) is 3.91. The summed E-state index contributed by atoms with van der Waals surface area (Å²) in [5.41, 5.74) is 1.14. The van der Waals surface area contributed by atoms with Crippen LogP contribution in [0.1, 0.15) is 28.9 Å². The van der Waals surface area contributed by atoms with Gasteiger partial charge in [0.25, 0.3) is 5.91 Å². The van der Waals surface area contributed by atoms with Crippen LogP contribution in [0.3, 0.4) is 0 Å². The van der Waals surface area contributed by atoms with Crippen LogP contribution in [0.2, 0.25) is 0 Å². The SMILES string of the molecule is CC(O)c1cccc(NC(=O)c2cc(O)ccc2O)c1. The van der Waals surface area contributed by atoms with Gasteiger partial charge in [0.2, 0.25) is 0 Å². The molecule has 2 aromatic rings. The number of nitrogens with one attached hydrogen (secondary N) is 1. The minimum absolute atomic E-state index is 0.0209. The molecule has 0 aliphatic carbocycles. The molecule has 2 aromatic carbocycles. The smallest absolute Gasteiger partial charge is 0.259 e. The predicted octanol–water partition coefficient (Wildman–Crippen LogP) is 2.40. The Morgan fingerprint density at radius 3 is 2.60 bits per heavy atom. The number of aliphatic hydroxyl groups is 1. The maximum absolute atomic E-state index is 12.0. The summed E-state index contributed by atoms with van der Waals surface area (Å²) in [5.74, 6) is -0.862. The van der Waals surface area contributed by atoms with E-state index in [0.29, 0.717) is 11.3 Å². The van der Waals surface area contributed by atoms with Crippen LogP contribution in [0.15, 0.2) is 42.5 Å². The van der Waals surface area contributed by atoms with Crippen molar-refractivity contribution < 1.29 is 20.1 Å². The number of aliphatic hydroxyl groups excluding tert-OH is 1. The highest BCUT2D eigenvalue weighted by Gasteiger charge is 2.12. The Balaban J connectivity index is 2.23. The molecule has 4 N–H and O–H groups in total. The Bertz CT molecular complexity index is 638. The van der Waals surface area contributed by atoms with Gasteiger partial charge in [-0.3, -0.25) is 4.79 Å². The highest BCUT2D eigenvalue weighted by Crippen LogP contribution is 2.24. The van der Waals surface area contributed by atoms with Crippen LogP contribution in [-0.4, -0.2) is 21.2 Å². The first-order valence-corrected chi connectivity index (χ1v) is 6.08. The van der Waals surface area contributed by atoms with E-state index in [0.717, 1.165) is 0 Å². The maximum atomic E-state index is 12.0. The third-order valence-electron chi connectivity index (χ3n) is 2.85. The van der Waals surface area contributed by atoms with Gasteiger partial charge in [-0.1, -0.05) is 12.1 Å². The summed E-state index contributed by atoms with van der Waals surface area (Å²) in [6, 6.07) is 10.5. The van der Waals surface area contributed by atoms with Crippen molar-refractivity contribution in [2.45, 2.75) is 13.0 Å². The lowest BCUT2D eigenvalue weighted by Crippen LogP contribution is -2.12. The van der Waals surface area contributed by atoms with Crippen molar-refractivity contribution in [1.82, 2.24) is 0 Å². The lowest BCUT2D eigenvalue weighted by molar-refractivity contribution is 0.102. The molecule has 1 amide bonds. The second-order valence-electron chi connectivity index (χ2n) is 4.46. The molecule has 1 unspecified atom stereocenters. The summed E-state index contributed by atoms with van der Waals surface area (Å²) >= 11 is 0. The van der Waals surface area contributed by atoms with Crippen LogP contribution in [0.5, 0.6) is 11.5 Å². The van der Waals surface area contributed by atoms with E-state index in [9.17, 15) is 20.1 Å². The molecule has 1 atom stereocenters. The minimum Gasteiger partial charge on any atom is -0.508 e. The van der Waals surface area contributed by atoms with E-state index in [1.54, 1.807) is 31.2 Å². The van der Waals surface area contributed by atoms with Crippen LogP contribution in [0.25, 0.3) is 0 Å². The highest BCUT2D eigenvalue weighted by molar-refractivity contribution is 6.06. The molecule has 0 saturated carbocycles. The monoisotopic (exact) mass is 273 g/mol. The van der Waals surface area contributed by atoms with E-state index in [-0.39, 0.29) is 17.1 Å². The zero-order chi connectivity index (χ0) is 14.7. The first-order chi connectivity index (χ1) is 9.47. The summed E-state index contributed by atoms with van der Waals surface area (Å²) in [4.78, 5) is 12.0. The van der Waals surface area contributed by atoms with Gasteiger partial charge in [-0.25, -0.2) is 0 Å². The molecule has 0 aliphatic heterocycles. The molecule has 0 spiro atoms. The van der Waals surface area contributed by atoms with E-state index < -0.39 is 12.0 Å². The number of carbonyl (C=O) groups excluding carboxylic acids is 1. The molecular weight excluding hydrogens is 258 g/mol. The first-order valence-electron chi connectivity index (χ1n) is 6.08. The molecule has 0 heterocycles. The van der Waals surface area contributed by atoms with Gasteiger partial charge in [-0.15, -0.1) is 0 Å². The van der Waals surface area contributed by atoms with Crippen molar-refractivity contribution in [3.05, 3.63) is 53.6 Å². The Morgan fingerprint density at radius 1 is 1.15 bits per heavy atom. The van der Waals surface area contributed by atoms with E-state index in [1.807, 2.05) is 0 Å². The predicted molar refractivity (Wildman–Crippen MR) is 74.8 cm³/mol. The second-order valence-corrected chi connectivity index (χ2v) is 4.46. The molecule has 0 fully saturated rings. The number of anilines is 1. The molecule has 5 heteroatoms. The number of phenolic OH excluding ortho intramolecular Hbond substituents is 2. The number of hydrogen-bond donors (Lipinski definition) is 4. The summed E-state index contributed by atoms with van der Waals surface area (Å²) < 4.78 is 0. The summed E-state index contributed by atoms with van der Waals surface area (Å²) in [7, 11) is 0. The van der Waals surface area contributed by atoms with Gasteiger partial charge in [-0.2, -0.15) is 0 Å². The van der Waals surface area contributed by atoms with Crippen LogP contribution < -0.4 is 5.32 Å². The molecule has 0 radical (unpaired) electrons. The molecule has 104 valence electrons. The number of phenols is 2. The van der Waals surface area contributed by atoms with Crippen molar-refractivity contribution in [3.8, 4) is 11.5 Å². The summed E-state index contributed by atoms with van der Waals surface area (Å²) in [6.07, 6.45) is -0.638. The van der Waals surface area contributed by atoms with Crippen LogP contribution in [-0.2, 0) is 0 Å². The van der Waals surface area contributed by atoms with Crippen LogP contribution in [0.4, 0.5) is 5.69 Å². The summed E-state index contributed by atoms with van der Waals surface area (Å²) in [6.45, 7) is 1.63. The van der Waals surface area contributed by atoms with Gasteiger partial charge in [0, 0.05) is 5.69 Å². The van der Waals surface area contributed by atoms with Gasteiger partial charge in [0.1, 0.15) is 11.5 Å². The number of aromatic hydroxyl groups is 2. The van der Waals surface area contributed by atoms with Gasteiger partial charge in [0.15, 0.2) is 0 Å². The molecular formula is C15H15NO4. The molecule has 0 saturated heterocycles. The zero-order valence-corrected chi connectivity index (χ0v) is 10.9. The van der Waals surface area contributed by atoms with E-state index in [2.05, 4.69) is 5.32 Å². The summed E-state index contributed by atoms with van der Waals surface area (Å²) in [5, 5.41) is 31.1.